The Morgan fingerprint density at radius 2 is 1.58 bits per heavy atom. The standard InChI is InChI=1S/C28H22ClF3N2O2/c1-16-6-8-18(9-7-16)26-25-22(14-19(15-24(25)35)17-10-12-20(29)13-11-17)33-21-4-2-3-5-23(21)34(26)27(36)28(30,31)32/h2-13,19,26,33H,14-15H2,1H3/t19-,26+/m0/s1. The van der Waals surface area contributed by atoms with E-state index in [1.807, 2.05) is 19.1 Å². The molecule has 1 N–H and O–H groups in total. The van der Waals surface area contributed by atoms with Crippen LogP contribution in [0.1, 0.15) is 41.5 Å². The number of allylic oxidation sites excluding steroid dienone is 1. The molecule has 1 heterocycles. The largest absolute Gasteiger partial charge is 0.471 e. The van der Waals surface area contributed by atoms with Crippen LogP contribution in [-0.2, 0) is 9.59 Å². The quantitative estimate of drug-likeness (QED) is 0.399. The summed E-state index contributed by atoms with van der Waals surface area (Å²) in [4.78, 5) is 27.3. The van der Waals surface area contributed by atoms with Crippen LogP contribution in [0.15, 0.2) is 84.1 Å². The maximum absolute atomic E-state index is 13.9. The molecule has 1 amide bonds. The number of ketones is 1. The molecule has 0 radical (unpaired) electrons. The first-order valence-corrected chi connectivity index (χ1v) is 11.9. The average Bonchev–Trinajstić information content (AvgIpc) is 2.98. The average molecular weight is 511 g/mol. The highest BCUT2D eigenvalue weighted by Crippen LogP contribution is 2.48. The molecule has 0 bridgehead atoms. The first-order valence-electron chi connectivity index (χ1n) is 11.5. The molecule has 1 aliphatic heterocycles. The second kappa shape index (κ2) is 9.13. The molecular weight excluding hydrogens is 489 g/mol. The highest BCUT2D eigenvalue weighted by atomic mass is 35.5. The van der Waals surface area contributed by atoms with Gasteiger partial charge in [0.1, 0.15) is 0 Å². The molecule has 2 atom stereocenters. The van der Waals surface area contributed by atoms with Crippen LogP contribution in [0.25, 0.3) is 0 Å². The number of carbonyl (C=O) groups is 2. The van der Waals surface area contributed by atoms with Gasteiger partial charge in [-0.3, -0.25) is 14.5 Å². The van der Waals surface area contributed by atoms with Crippen molar-refractivity contribution in [2.45, 2.75) is 37.9 Å². The smallest absolute Gasteiger partial charge is 0.357 e. The van der Waals surface area contributed by atoms with Gasteiger partial charge in [0, 0.05) is 22.7 Å². The van der Waals surface area contributed by atoms with Crippen LogP contribution in [0.5, 0.6) is 0 Å². The van der Waals surface area contributed by atoms with Gasteiger partial charge in [-0.25, -0.2) is 0 Å². The number of nitrogens with zero attached hydrogens (tertiary/aromatic N) is 1. The number of Topliss-reactive ketones (excluding diaryl/α,β-unsaturated/α-hetero) is 1. The van der Waals surface area contributed by atoms with Gasteiger partial charge >= 0.3 is 12.1 Å². The van der Waals surface area contributed by atoms with Crippen LogP contribution in [0.3, 0.4) is 0 Å². The summed E-state index contributed by atoms with van der Waals surface area (Å²) in [5.74, 6) is -2.51. The van der Waals surface area contributed by atoms with Crippen molar-refractivity contribution in [2.75, 3.05) is 10.2 Å². The highest BCUT2D eigenvalue weighted by molar-refractivity contribution is 6.30. The molecule has 0 fully saturated rings. The zero-order chi connectivity index (χ0) is 25.6. The molecule has 3 aromatic rings. The van der Waals surface area contributed by atoms with Crippen LogP contribution >= 0.6 is 11.6 Å². The predicted octanol–water partition coefficient (Wildman–Crippen LogP) is 7.11. The molecule has 5 rings (SSSR count). The van der Waals surface area contributed by atoms with E-state index in [-0.39, 0.29) is 29.4 Å². The number of anilines is 2. The van der Waals surface area contributed by atoms with Crippen molar-refractivity contribution in [3.05, 3.63) is 106 Å². The van der Waals surface area contributed by atoms with Crippen LogP contribution in [0.4, 0.5) is 24.5 Å². The molecular formula is C28H22ClF3N2O2. The van der Waals surface area contributed by atoms with Crippen LogP contribution < -0.4 is 10.2 Å². The van der Waals surface area contributed by atoms with Crippen molar-refractivity contribution in [2.24, 2.45) is 0 Å². The summed E-state index contributed by atoms with van der Waals surface area (Å²) < 4.78 is 41.8. The van der Waals surface area contributed by atoms with Gasteiger partial charge < -0.3 is 5.32 Å². The van der Waals surface area contributed by atoms with E-state index in [0.29, 0.717) is 28.4 Å². The number of hydrogen-bond acceptors (Lipinski definition) is 3. The topological polar surface area (TPSA) is 49.4 Å². The number of carbonyl (C=O) groups excluding carboxylic acids is 2. The number of fused-ring (bicyclic) bond motifs is 1. The Labute approximate surface area is 211 Å². The maximum Gasteiger partial charge on any atom is 0.471 e. The zero-order valence-corrected chi connectivity index (χ0v) is 20.0. The molecule has 0 unspecified atom stereocenters. The summed E-state index contributed by atoms with van der Waals surface area (Å²) >= 11 is 6.03. The molecule has 1 aliphatic carbocycles. The fraction of sp³-hybridized carbons (Fsp3) is 0.214. The van der Waals surface area contributed by atoms with Crippen LogP contribution in [0, 0.1) is 6.92 Å². The molecule has 0 aromatic heterocycles. The second-order valence-corrected chi connectivity index (χ2v) is 9.54. The number of nitrogens with one attached hydrogen (secondary N) is 1. The van der Waals surface area contributed by atoms with Gasteiger partial charge in [-0.15, -0.1) is 0 Å². The van der Waals surface area contributed by atoms with Crippen molar-refractivity contribution in [3.8, 4) is 0 Å². The SMILES string of the molecule is Cc1ccc([C@@H]2C3=C(C[C@H](c4ccc(Cl)cc4)CC3=O)Nc3ccccc3N2C(=O)C(F)(F)F)cc1. The summed E-state index contributed by atoms with van der Waals surface area (Å²) in [6.45, 7) is 1.86. The number of halogens is 4. The first kappa shape index (κ1) is 24.1. The Balaban J connectivity index is 1.72. The van der Waals surface area contributed by atoms with Crippen molar-refractivity contribution in [1.29, 1.82) is 0 Å². The van der Waals surface area contributed by atoms with E-state index in [9.17, 15) is 22.8 Å². The number of rotatable bonds is 2. The highest BCUT2D eigenvalue weighted by Gasteiger charge is 2.49. The molecule has 0 saturated carbocycles. The molecule has 36 heavy (non-hydrogen) atoms. The maximum atomic E-state index is 13.9. The lowest BCUT2D eigenvalue weighted by Crippen LogP contribution is -2.45. The lowest BCUT2D eigenvalue weighted by molar-refractivity contribution is -0.170. The van der Waals surface area contributed by atoms with E-state index in [1.165, 1.54) is 6.07 Å². The van der Waals surface area contributed by atoms with Gasteiger partial charge in [0.15, 0.2) is 5.78 Å². The fourth-order valence-corrected chi connectivity index (χ4v) is 5.11. The van der Waals surface area contributed by atoms with Gasteiger partial charge in [0.05, 0.1) is 17.4 Å². The van der Waals surface area contributed by atoms with Crippen molar-refractivity contribution < 1.29 is 22.8 Å². The number of para-hydroxylation sites is 2. The molecule has 3 aromatic carbocycles. The van der Waals surface area contributed by atoms with Gasteiger partial charge in [0.25, 0.3) is 0 Å². The Morgan fingerprint density at radius 3 is 2.25 bits per heavy atom. The van der Waals surface area contributed by atoms with Crippen molar-refractivity contribution >= 4 is 34.7 Å². The molecule has 0 spiro atoms. The Morgan fingerprint density at radius 1 is 0.944 bits per heavy atom. The van der Waals surface area contributed by atoms with Gasteiger partial charge in [-0.05, 0) is 54.7 Å². The minimum atomic E-state index is -5.13. The Bertz CT molecular complexity index is 1360. The fourth-order valence-electron chi connectivity index (χ4n) is 4.98. The predicted molar refractivity (Wildman–Crippen MR) is 133 cm³/mol. The van der Waals surface area contributed by atoms with Gasteiger partial charge in [-0.2, -0.15) is 13.2 Å². The monoisotopic (exact) mass is 510 g/mol. The summed E-state index contributed by atoms with van der Waals surface area (Å²) in [5.41, 5.74) is 3.35. The minimum Gasteiger partial charge on any atom is -0.357 e. The Hall–Kier alpha value is -3.58. The normalized spacial score (nSPS) is 19.8. The van der Waals surface area contributed by atoms with Gasteiger partial charge in [-0.1, -0.05) is 65.7 Å². The second-order valence-electron chi connectivity index (χ2n) is 9.10. The minimum absolute atomic E-state index is 0.0654. The van der Waals surface area contributed by atoms with E-state index < -0.39 is 18.1 Å². The van der Waals surface area contributed by atoms with Crippen LogP contribution in [0.2, 0.25) is 5.02 Å². The lowest BCUT2D eigenvalue weighted by atomic mass is 9.78. The third kappa shape index (κ3) is 4.39. The summed E-state index contributed by atoms with van der Waals surface area (Å²) in [5, 5.41) is 3.79. The number of hydrogen-bond donors (Lipinski definition) is 1. The molecule has 4 nitrogen and oxygen atoms in total. The van der Waals surface area contributed by atoms with Gasteiger partial charge in [0.2, 0.25) is 0 Å². The molecule has 8 heteroatoms. The molecule has 184 valence electrons. The van der Waals surface area contributed by atoms with Crippen molar-refractivity contribution in [3.63, 3.8) is 0 Å². The summed E-state index contributed by atoms with van der Waals surface area (Å²) in [6, 6.07) is 19.2. The summed E-state index contributed by atoms with van der Waals surface area (Å²) in [6.07, 6.45) is -4.63. The van der Waals surface area contributed by atoms with E-state index in [1.54, 1.807) is 54.6 Å². The third-order valence-electron chi connectivity index (χ3n) is 6.68. The van der Waals surface area contributed by atoms with E-state index in [4.69, 9.17) is 11.6 Å². The van der Waals surface area contributed by atoms with Crippen molar-refractivity contribution in [1.82, 2.24) is 0 Å². The number of aryl methyl sites for hydroxylation is 1. The Kier molecular flexibility index (Phi) is 6.12. The lowest BCUT2D eigenvalue weighted by Gasteiger charge is -2.35. The van der Waals surface area contributed by atoms with Crippen LogP contribution in [-0.4, -0.2) is 17.9 Å². The first-order chi connectivity index (χ1) is 17.1. The zero-order valence-electron chi connectivity index (χ0n) is 19.3. The van der Waals surface area contributed by atoms with E-state index in [2.05, 4.69) is 5.32 Å². The number of amides is 1. The van der Waals surface area contributed by atoms with E-state index in [0.717, 1.165) is 16.0 Å². The summed E-state index contributed by atoms with van der Waals surface area (Å²) in [7, 11) is 0. The number of alkyl halides is 3. The molecule has 0 saturated heterocycles. The number of benzene rings is 3. The third-order valence-corrected chi connectivity index (χ3v) is 6.94. The molecule has 2 aliphatic rings. The van der Waals surface area contributed by atoms with E-state index >= 15 is 0 Å².